The van der Waals surface area contributed by atoms with Gasteiger partial charge >= 0.3 is 0 Å². The number of rotatable bonds is 2. The second-order valence-corrected chi connectivity index (χ2v) is 5.02. The van der Waals surface area contributed by atoms with Gasteiger partial charge in [0.2, 0.25) is 0 Å². The van der Waals surface area contributed by atoms with Gasteiger partial charge in [-0.15, -0.1) is 0 Å². The van der Waals surface area contributed by atoms with Crippen molar-refractivity contribution < 1.29 is 14.9 Å². The lowest BCUT2D eigenvalue weighted by Gasteiger charge is -2.24. The highest BCUT2D eigenvalue weighted by Crippen LogP contribution is 2.36. The maximum Gasteiger partial charge on any atom is 0.165 e. The maximum absolute atomic E-state index is 9.84. The summed E-state index contributed by atoms with van der Waals surface area (Å²) in [6.45, 7) is 0.364. The van der Waals surface area contributed by atoms with Gasteiger partial charge < -0.3 is 25.2 Å². The van der Waals surface area contributed by atoms with Gasteiger partial charge in [-0.2, -0.15) is 0 Å². The Kier molecular flexibility index (Phi) is 2.56. The highest BCUT2D eigenvalue weighted by Gasteiger charge is 2.40. The molecule has 4 rings (SSSR count). The molecule has 0 unspecified atom stereocenters. The number of aliphatic hydroxyl groups excluding tert-OH is 2. The zero-order valence-corrected chi connectivity index (χ0v) is 10.7. The Bertz CT molecular complexity index is 645. The predicted octanol–water partition coefficient (Wildman–Crippen LogP) is -0.613. The Morgan fingerprint density at radius 3 is 3.15 bits per heavy atom. The first kappa shape index (κ1) is 11.9. The second kappa shape index (κ2) is 4.30. The first-order valence-corrected chi connectivity index (χ1v) is 6.54. The van der Waals surface area contributed by atoms with E-state index in [2.05, 4.69) is 15.3 Å². The summed E-state index contributed by atoms with van der Waals surface area (Å²) in [4.78, 5) is 10.7. The van der Waals surface area contributed by atoms with Gasteiger partial charge in [0.25, 0.3) is 0 Å². The molecule has 0 radical (unpaired) electrons. The number of nitrogens with one attached hydrogen (secondary N) is 1. The van der Waals surface area contributed by atoms with E-state index in [1.807, 2.05) is 15.5 Å². The van der Waals surface area contributed by atoms with Gasteiger partial charge in [0, 0.05) is 18.8 Å². The standard InChI is InChI=1S/C12H15N5O3/c18-4-8-7(19)3-9(20-8)17-6-14-10-11-13-1-2-16(11)5-15-12(10)17/h1-2,5,7-9,14,18-19H,3-4,6H2/t7-,8+,9+/m0/s1. The van der Waals surface area contributed by atoms with Crippen molar-refractivity contribution in [3.8, 4) is 0 Å². The summed E-state index contributed by atoms with van der Waals surface area (Å²) in [5.41, 5.74) is 1.68. The third-order valence-electron chi connectivity index (χ3n) is 3.85. The van der Waals surface area contributed by atoms with Crippen LogP contribution < -0.4 is 10.2 Å². The number of aliphatic hydroxyl groups is 2. The third-order valence-corrected chi connectivity index (χ3v) is 3.85. The van der Waals surface area contributed by atoms with E-state index in [1.54, 1.807) is 12.5 Å². The lowest BCUT2D eigenvalue weighted by atomic mass is 10.2. The molecule has 0 aliphatic carbocycles. The van der Waals surface area contributed by atoms with Crippen LogP contribution in [0.1, 0.15) is 6.42 Å². The van der Waals surface area contributed by atoms with Crippen LogP contribution in [0.25, 0.3) is 5.65 Å². The number of imidazole rings is 1. The molecule has 1 saturated heterocycles. The summed E-state index contributed by atoms with van der Waals surface area (Å²) in [5.74, 6) is 0.763. The van der Waals surface area contributed by atoms with E-state index in [9.17, 15) is 5.11 Å². The summed E-state index contributed by atoms with van der Waals surface area (Å²) in [5, 5.41) is 22.3. The molecule has 8 nitrogen and oxygen atoms in total. The zero-order chi connectivity index (χ0) is 13.7. The van der Waals surface area contributed by atoms with Gasteiger partial charge in [-0.1, -0.05) is 0 Å². The normalized spacial score (nSPS) is 28.9. The van der Waals surface area contributed by atoms with Gasteiger partial charge in [0.15, 0.2) is 11.5 Å². The van der Waals surface area contributed by atoms with Crippen molar-refractivity contribution in [2.75, 3.05) is 23.5 Å². The van der Waals surface area contributed by atoms with Gasteiger partial charge in [0.1, 0.15) is 24.3 Å². The minimum atomic E-state index is -0.649. The summed E-state index contributed by atoms with van der Waals surface area (Å²) < 4.78 is 7.52. The smallest absolute Gasteiger partial charge is 0.165 e. The summed E-state index contributed by atoms with van der Waals surface area (Å²) in [6, 6.07) is 0. The van der Waals surface area contributed by atoms with Gasteiger partial charge in [-0.05, 0) is 0 Å². The molecular formula is C12H15N5O3. The fourth-order valence-electron chi connectivity index (χ4n) is 2.81. The highest BCUT2D eigenvalue weighted by atomic mass is 16.5. The van der Waals surface area contributed by atoms with Crippen molar-refractivity contribution in [1.29, 1.82) is 0 Å². The topological polar surface area (TPSA) is 95.2 Å². The van der Waals surface area contributed by atoms with Crippen LogP contribution in [0.5, 0.6) is 0 Å². The highest BCUT2D eigenvalue weighted by molar-refractivity contribution is 5.83. The Labute approximate surface area is 114 Å². The van der Waals surface area contributed by atoms with Crippen molar-refractivity contribution in [3.05, 3.63) is 18.7 Å². The van der Waals surface area contributed by atoms with Gasteiger partial charge in [0.05, 0.1) is 19.4 Å². The van der Waals surface area contributed by atoms with Crippen LogP contribution in [0.15, 0.2) is 18.7 Å². The molecule has 0 aromatic carbocycles. The minimum absolute atomic E-state index is 0.182. The molecular weight excluding hydrogens is 262 g/mol. The molecule has 3 atom stereocenters. The van der Waals surface area contributed by atoms with E-state index < -0.39 is 12.2 Å². The number of ether oxygens (including phenoxy) is 1. The van der Waals surface area contributed by atoms with E-state index in [-0.39, 0.29) is 12.8 Å². The number of fused-ring (bicyclic) bond motifs is 3. The molecule has 2 aliphatic rings. The second-order valence-electron chi connectivity index (χ2n) is 5.02. The van der Waals surface area contributed by atoms with E-state index in [4.69, 9.17) is 9.84 Å². The number of anilines is 2. The Hall–Kier alpha value is -1.90. The Balaban J connectivity index is 1.68. The first-order chi connectivity index (χ1) is 9.78. The maximum atomic E-state index is 9.84. The molecule has 106 valence electrons. The van der Waals surface area contributed by atoms with Crippen molar-refractivity contribution in [3.63, 3.8) is 0 Å². The predicted molar refractivity (Wildman–Crippen MR) is 70.3 cm³/mol. The molecule has 0 bridgehead atoms. The lowest BCUT2D eigenvalue weighted by Crippen LogP contribution is -2.35. The third kappa shape index (κ3) is 1.59. The SMILES string of the molecule is OC[C@H]1O[C@@H](N2CNc3c2ncn2ccnc32)C[C@@H]1O. The largest absolute Gasteiger partial charge is 0.394 e. The van der Waals surface area contributed by atoms with Crippen LogP contribution in [0.2, 0.25) is 0 Å². The fraction of sp³-hybridized carbons (Fsp3) is 0.500. The molecule has 2 aromatic heterocycles. The summed E-state index contributed by atoms with van der Waals surface area (Å²) in [7, 11) is 0. The van der Waals surface area contributed by atoms with E-state index in [0.717, 1.165) is 17.2 Å². The van der Waals surface area contributed by atoms with Crippen LogP contribution in [-0.4, -0.2) is 56.3 Å². The Morgan fingerprint density at radius 2 is 2.35 bits per heavy atom. The number of nitrogens with zero attached hydrogens (tertiary/aromatic N) is 4. The van der Waals surface area contributed by atoms with Crippen LogP contribution in [0.3, 0.4) is 0 Å². The van der Waals surface area contributed by atoms with Crippen molar-refractivity contribution >= 4 is 17.2 Å². The number of hydrogen-bond donors (Lipinski definition) is 3. The van der Waals surface area contributed by atoms with E-state index >= 15 is 0 Å². The summed E-state index contributed by atoms with van der Waals surface area (Å²) in [6.07, 6.45) is 4.25. The minimum Gasteiger partial charge on any atom is -0.394 e. The molecule has 1 fully saturated rings. The fourth-order valence-corrected chi connectivity index (χ4v) is 2.81. The van der Waals surface area contributed by atoms with Crippen LogP contribution in [-0.2, 0) is 4.74 Å². The molecule has 2 aromatic rings. The van der Waals surface area contributed by atoms with E-state index in [0.29, 0.717) is 13.1 Å². The molecule has 0 amide bonds. The summed E-state index contributed by atoms with van der Waals surface area (Å²) >= 11 is 0. The number of aromatic nitrogens is 3. The zero-order valence-electron chi connectivity index (χ0n) is 10.7. The monoisotopic (exact) mass is 277 g/mol. The van der Waals surface area contributed by atoms with Crippen molar-refractivity contribution in [2.45, 2.75) is 24.9 Å². The quantitative estimate of drug-likeness (QED) is 0.674. The number of hydrogen-bond acceptors (Lipinski definition) is 7. The average molecular weight is 277 g/mol. The first-order valence-electron chi connectivity index (χ1n) is 6.54. The van der Waals surface area contributed by atoms with E-state index in [1.165, 1.54) is 0 Å². The van der Waals surface area contributed by atoms with Crippen molar-refractivity contribution in [2.24, 2.45) is 0 Å². The van der Waals surface area contributed by atoms with Crippen LogP contribution in [0, 0.1) is 0 Å². The molecule has 2 aliphatic heterocycles. The molecule has 0 saturated carbocycles. The Morgan fingerprint density at radius 1 is 1.45 bits per heavy atom. The lowest BCUT2D eigenvalue weighted by molar-refractivity contribution is -0.0218. The van der Waals surface area contributed by atoms with Crippen molar-refractivity contribution in [1.82, 2.24) is 14.4 Å². The van der Waals surface area contributed by atoms with Gasteiger partial charge in [-0.3, -0.25) is 4.40 Å². The van der Waals surface area contributed by atoms with Crippen LogP contribution >= 0.6 is 0 Å². The molecule has 3 N–H and O–H groups in total. The average Bonchev–Trinajstić information content (AvgIpc) is 3.13. The van der Waals surface area contributed by atoms with Gasteiger partial charge in [-0.25, -0.2) is 9.97 Å². The molecule has 4 heterocycles. The molecule has 8 heteroatoms. The van der Waals surface area contributed by atoms with Crippen LogP contribution in [0.4, 0.5) is 11.5 Å². The molecule has 20 heavy (non-hydrogen) atoms. The molecule has 0 spiro atoms.